The highest BCUT2D eigenvalue weighted by atomic mass is 16.7. The average Bonchev–Trinajstić information content (AvgIpc) is 2.83. The van der Waals surface area contributed by atoms with Crippen molar-refractivity contribution < 1.29 is 33.9 Å². The first-order valence-corrected chi connectivity index (χ1v) is 7.63. The van der Waals surface area contributed by atoms with Gasteiger partial charge in [-0.2, -0.15) is 5.06 Å². The van der Waals surface area contributed by atoms with Crippen LogP contribution in [0.25, 0.3) is 0 Å². The third-order valence-electron chi connectivity index (χ3n) is 3.95. The zero-order chi connectivity index (χ0) is 17.9. The summed E-state index contributed by atoms with van der Waals surface area (Å²) in [5.41, 5.74) is 5.73. The lowest BCUT2D eigenvalue weighted by Gasteiger charge is -2.25. The van der Waals surface area contributed by atoms with Gasteiger partial charge in [0.25, 0.3) is 17.7 Å². The summed E-state index contributed by atoms with van der Waals surface area (Å²) in [5.74, 6) is -3.79. The molecule has 0 aliphatic carbocycles. The average molecular weight is 341 g/mol. The number of nitrogens with one attached hydrogen (secondary N) is 1. The minimum Gasteiger partial charge on any atom is -0.480 e. The second kappa shape index (κ2) is 7.49. The second-order valence-electron chi connectivity index (χ2n) is 5.78. The summed E-state index contributed by atoms with van der Waals surface area (Å²) in [6.07, 6.45) is -1.29. The molecule has 2 unspecified atom stereocenters. The summed E-state index contributed by atoms with van der Waals surface area (Å²) in [7, 11) is 0. The number of hydrogen-bond acceptors (Lipinski definition) is 7. The molecule has 4 N–H and O–H groups in total. The fourth-order valence-corrected chi connectivity index (χ4v) is 2.54. The Morgan fingerprint density at radius 3 is 2.38 bits per heavy atom. The molecule has 10 nitrogen and oxygen atoms in total. The van der Waals surface area contributed by atoms with Crippen molar-refractivity contribution in [3.8, 4) is 0 Å². The van der Waals surface area contributed by atoms with Crippen molar-refractivity contribution in [1.82, 2.24) is 10.4 Å². The molecule has 132 valence electrons. The van der Waals surface area contributed by atoms with Crippen LogP contribution in [0.5, 0.6) is 0 Å². The summed E-state index contributed by atoms with van der Waals surface area (Å²) in [6, 6.07) is -2.02. The van der Waals surface area contributed by atoms with Gasteiger partial charge in [-0.15, -0.1) is 0 Å². The van der Waals surface area contributed by atoms with Crippen LogP contribution in [0.2, 0.25) is 0 Å². The van der Waals surface area contributed by atoms with Crippen molar-refractivity contribution in [2.75, 3.05) is 0 Å². The number of hydrogen-bond donors (Lipinski definition) is 3. The Bertz CT molecular complexity index is 561. The largest absolute Gasteiger partial charge is 0.480 e. The van der Waals surface area contributed by atoms with E-state index in [2.05, 4.69) is 5.32 Å². The quantitative estimate of drug-likeness (QED) is 0.522. The Labute approximate surface area is 137 Å². The van der Waals surface area contributed by atoms with Gasteiger partial charge >= 0.3 is 5.97 Å². The number of carbonyl (C=O) groups is 5. The lowest BCUT2D eigenvalue weighted by molar-refractivity contribution is -0.204. The van der Waals surface area contributed by atoms with E-state index >= 15 is 0 Å². The van der Waals surface area contributed by atoms with E-state index in [0.717, 1.165) is 0 Å². The van der Waals surface area contributed by atoms with Crippen LogP contribution in [0.3, 0.4) is 0 Å². The molecule has 2 aliphatic rings. The van der Waals surface area contributed by atoms with E-state index in [4.69, 9.17) is 15.7 Å². The fraction of sp³-hybridized carbons (Fsp3) is 0.643. The van der Waals surface area contributed by atoms with E-state index in [1.165, 1.54) is 0 Å². The van der Waals surface area contributed by atoms with E-state index in [1.807, 2.05) is 0 Å². The van der Waals surface area contributed by atoms with Gasteiger partial charge in [0.05, 0.1) is 6.04 Å². The molecule has 0 aromatic carbocycles. The predicted octanol–water partition coefficient (Wildman–Crippen LogP) is -1.52. The van der Waals surface area contributed by atoms with Crippen LogP contribution in [-0.2, 0) is 28.8 Å². The Balaban J connectivity index is 2.18. The highest BCUT2D eigenvalue weighted by molar-refractivity contribution is 6.01. The van der Waals surface area contributed by atoms with Gasteiger partial charge in [0.2, 0.25) is 0 Å². The molecule has 0 bridgehead atoms. The molecular formula is C14H19N3O7. The molecular weight excluding hydrogens is 322 g/mol. The molecule has 0 aromatic rings. The number of rotatable bonds is 3. The minimum absolute atomic E-state index is 0.0433. The molecule has 24 heavy (non-hydrogen) atoms. The molecule has 3 amide bonds. The standard InChI is InChI=1S/C14H19N3O7/c15-7-2-1-3-8(14(22)23)16-13(21)10(6-9(7)18)24-17-11(19)4-5-12(17)20/h7-8,10H,1-6,15H2,(H,16,21)(H,22,23)/t7?,8-,10?/m0/s1. The van der Waals surface area contributed by atoms with Crippen molar-refractivity contribution in [2.24, 2.45) is 5.73 Å². The molecule has 2 heterocycles. The summed E-state index contributed by atoms with van der Waals surface area (Å²) >= 11 is 0. The zero-order valence-corrected chi connectivity index (χ0v) is 12.9. The van der Waals surface area contributed by atoms with Gasteiger partial charge in [-0.05, 0) is 19.3 Å². The van der Waals surface area contributed by atoms with Gasteiger partial charge < -0.3 is 16.2 Å². The van der Waals surface area contributed by atoms with Gasteiger partial charge in [0, 0.05) is 19.3 Å². The zero-order valence-electron chi connectivity index (χ0n) is 12.9. The molecule has 3 atom stereocenters. The van der Waals surface area contributed by atoms with Gasteiger partial charge in [-0.3, -0.25) is 19.2 Å². The third-order valence-corrected chi connectivity index (χ3v) is 3.95. The van der Waals surface area contributed by atoms with E-state index in [0.29, 0.717) is 11.5 Å². The normalized spacial score (nSPS) is 29.5. The summed E-state index contributed by atoms with van der Waals surface area (Å²) in [5, 5.41) is 11.9. The maximum Gasteiger partial charge on any atom is 0.326 e. The monoisotopic (exact) mass is 341 g/mol. The third kappa shape index (κ3) is 4.15. The van der Waals surface area contributed by atoms with E-state index in [-0.39, 0.29) is 25.7 Å². The van der Waals surface area contributed by atoms with Crippen molar-refractivity contribution in [3.05, 3.63) is 0 Å². The molecule has 0 saturated carbocycles. The Kier molecular flexibility index (Phi) is 5.62. The van der Waals surface area contributed by atoms with Crippen LogP contribution in [0.1, 0.15) is 38.5 Å². The number of nitrogens with two attached hydrogens (primary N) is 1. The predicted molar refractivity (Wildman–Crippen MR) is 77.0 cm³/mol. The molecule has 2 aliphatic heterocycles. The number of ketones is 1. The van der Waals surface area contributed by atoms with Gasteiger partial charge in [-0.1, -0.05) is 0 Å². The van der Waals surface area contributed by atoms with Crippen LogP contribution < -0.4 is 11.1 Å². The molecule has 0 aromatic heterocycles. The number of imide groups is 1. The highest BCUT2D eigenvalue weighted by Crippen LogP contribution is 2.17. The van der Waals surface area contributed by atoms with E-state index in [1.54, 1.807) is 0 Å². The number of carboxylic acids is 1. The van der Waals surface area contributed by atoms with Gasteiger partial charge in [-0.25, -0.2) is 9.63 Å². The van der Waals surface area contributed by atoms with Crippen LogP contribution in [0, 0.1) is 0 Å². The first kappa shape index (κ1) is 18.0. The lowest BCUT2D eigenvalue weighted by Crippen LogP contribution is -2.51. The second-order valence-corrected chi connectivity index (χ2v) is 5.78. The van der Waals surface area contributed by atoms with Crippen LogP contribution in [0.4, 0.5) is 0 Å². The number of nitrogens with zero attached hydrogens (tertiary/aromatic N) is 1. The lowest BCUT2D eigenvalue weighted by atomic mass is 9.97. The first-order chi connectivity index (χ1) is 11.3. The summed E-state index contributed by atoms with van der Waals surface area (Å²) < 4.78 is 0. The highest BCUT2D eigenvalue weighted by Gasteiger charge is 2.37. The minimum atomic E-state index is -1.49. The maximum atomic E-state index is 12.3. The summed E-state index contributed by atoms with van der Waals surface area (Å²) in [4.78, 5) is 63.8. The number of carboxylic acid groups (broad SMARTS) is 1. The molecule has 2 fully saturated rings. The maximum absolute atomic E-state index is 12.3. The first-order valence-electron chi connectivity index (χ1n) is 7.63. The number of hydroxylamine groups is 2. The van der Waals surface area contributed by atoms with Gasteiger partial charge in [0.1, 0.15) is 6.04 Å². The number of carbonyl (C=O) groups excluding carboxylic acids is 4. The summed E-state index contributed by atoms with van der Waals surface area (Å²) in [6.45, 7) is 0. The number of amides is 3. The molecule has 10 heteroatoms. The van der Waals surface area contributed by atoms with E-state index < -0.39 is 54.1 Å². The number of aliphatic carboxylic acids is 1. The molecule has 2 rings (SSSR count). The van der Waals surface area contributed by atoms with Gasteiger partial charge in [0.15, 0.2) is 11.9 Å². The van der Waals surface area contributed by atoms with E-state index in [9.17, 15) is 24.0 Å². The topological polar surface area (TPSA) is 156 Å². The van der Waals surface area contributed by atoms with Crippen molar-refractivity contribution in [3.63, 3.8) is 0 Å². The Morgan fingerprint density at radius 2 is 1.79 bits per heavy atom. The van der Waals surface area contributed by atoms with Crippen molar-refractivity contribution in [2.45, 2.75) is 56.7 Å². The Morgan fingerprint density at radius 1 is 1.17 bits per heavy atom. The van der Waals surface area contributed by atoms with Crippen LogP contribution in [0.15, 0.2) is 0 Å². The van der Waals surface area contributed by atoms with Crippen LogP contribution in [-0.4, -0.2) is 57.8 Å². The SMILES string of the molecule is NC1CCC[C@@H](C(=O)O)NC(=O)C(ON2C(=O)CCC2=O)CC1=O. The Hall–Kier alpha value is -2.33. The number of Topliss-reactive ketones (excluding diaryl/α,β-unsaturated/α-hetero) is 1. The molecule has 0 radical (unpaired) electrons. The van der Waals surface area contributed by atoms with Crippen LogP contribution >= 0.6 is 0 Å². The van der Waals surface area contributed by atoms with Crippen molar-refractivity contribution >= 4 is 29.5 Å². The smallest absolute Gasteiger partial charge is 0.326 e. The fourth-order valence-electron chi connectivity index (χ4n) is 2.54. The molecule has 2 saturated heterocycles. The van der Waals surface area contributed by atoms with Crippen molar-refractivity contribution in [1.29, 1.82) is 0 Å². The molecule has 0 spiro atoms.